The lowest BCUT2D eigenvalue weighted by atomic mass is 9.87. The number of Topliss-reactive ketones (excluding diaryl/α,β-unsaturated/α-hetero) is 1. The summed E-state index contributed by atoms with van der Waals surface area (Å²) in [5, 5.41) is 13.5. The van der Waals surface area contributed by atoms with E-state index in [0.717, 1.165) is 0 Å². The minimum atomic E-state index is -0.596. The Labute approximate surface area is 161 Å². The number of aliphatic hydroxyl groups excluding tert-OH is 1. The van der Waals surface area contributed by atoms with Crippen molar-refractivity contribution in [2.24, 2.45) is 4.99 Å². The van der Waals surface area contributed by atoms with E-state index in [1.54, 1.807) is 72.8 Å². The van der Waals surface area contributed by atoms with Gasteiger partial charge in [-0.25, -0.2) is 4.99 Å². The molecule has 0 unspecified atom stereocenters. The topological polar surface area (TPSA) is 78.8 Å². The Morgan fingerprint density at radius 3 is 2.04 bits per heavy atom. The first-order valence-electron chi connectivity index (χ1n) is 8.73. The summed E-state index contributed by atoms with van der Waals surface area (Å²) in [4.78, 5) is 30.4. The Hall–Kier alpha value is -3.99. The van der Waals surface area contributed by atoms with Crippen LogP contribution in [0.25, 0.3) is 5.76 Å². The number of hydrogen-bond acceptors (Lipinski definition) is 4. The molecular formula is C23H16N2O3. The van der Waals surface area contributed by atoms with Crippen LogP contribution in [0.5, 0.6) is 0 Å². The maximum absolute atomic E-state index is 13.1. The van der Waals surface area contributed by atoms with Crippen LogP contribution in [0, 0.1) is 0 Å². The number of benzene rings is 3. The van der Waals surface area contributed by atoms with Crippen molar-refractivity contribution < 1.29 is 14.7 Å². The molecule has 0 saturated heterocycles. The molecule has 0 spiro atoms. The molecular weight excluding hydrogens is 352 g/mol. The summed E-state index contributed by atoms with van der Waals surface area (Å²) >= 11 is 0. The van der Waals surface area contributed by atoms with Gasteiger partial charge in [0.25, 0.3) is 5.91 Å². The molecule has 0 aliphatic heterocycles. The summed E-state index contributed by atoms with van der Waals surface area (Å²) < 4.78 is 0. The first-order valence-corrected chi connectivity index (χ1v) is 8.73. The van der Waals surface area contributed by atoms with Crippen LogP contribution in [-0.2, 0) is 4.79 Å². The Kier molecular flexibility index (Phi) is 4.56. The molecule has 5 nitrogen and oxygen atoms in total. The van der Waals surface area contributed by atoms with Crippen molar-refractivity contribution in [1.29, 1.82) is 0 Å². The number of amides is 1. The molecule has 2 N–H and O–H groups in total. The molecule has 0 saturated carbocycles. The molecule has 0 fully saturated rings. The largest absolute Gasteiger partial charge is 0.506 e. The first-order chi connectivity index (χ1) is 13.6. The van der Waals surface area contributed by atoms with Crippen molar-refractivity contribution >= 4 is 34.5 Å². The number of hydrogen-bond donors (Lipinski definition) is 2. The fourth-order valence-corrected chi connectivity index (χ4v) is 3.04. The lowest BCUT2D eigenvalue weighted by Crippen LogP contribution is -2.31. The fraction of sp³-hybridized carbons (Fsp3) is 0. The van der Waals surface area contributed by atoms with Gasteiger partial charge in [-0.15, -0.1) is 0 Å². The second kappa shape index (κ2) is 7.32. The summed E-state index contributed by atoms with van der Waals surface area (Å²) in [7, 11) is 0. The van der Waals surface area contributed by atoms with Gasteiger partial charge in [-0.3, -0.25) is 9.59 Å². The van der Waals surface area contributed by atoms with Crippen LogP contribution in [0.4, 0.5) is 11.4 Å². The molecule has 0 bridgehead atoms. The zero-order chi connectivity index (χ0) is 19.5. The molecule has 136 valence electrons. The van der Waals surface area contributed by atoms with Gasteiger partial charge in [-0.05, 0) is 24.3 Å². The Morgan fingerprint density at radius 1 is 0.786 bits per heavy atom. The predicted octanol–water partition coefficient (Wildman–Crippen LogP) is 4.56. The summed E-state index contributed by atoms with van der Waals surface area (Å²) in [5.41, 5.74) is 1.47. The maximum Gasteiger partial charge on any atom is 0.261 e. The minimum Gasteiger partial charge on any atom is -0.506 e. The number of para-hydroxylation sites is 2. The average molecular weight is 368 g/mol. The number of ketones is 1. The van der Waals surface area contributed by atoms with Gasteiger partial charge < -0.3 is 10.4 Å². The first kappa shape index (κ1) is 17.4. The van der Waals surface area contributed by atoms with Gasteiger partial charge in [0, 0.05) is 16.8 Å². The highest BCUT2D eigenvalue weighted by atomic mass is 16.3. The summed E-state index contributed by atoms with van der Waals surface area (Å²) in [6.45, 7) is 0. The maximum atomic E-state index is 13.1. The molecule has 5 heteroatoms. The van der Waals surface area contributed by atoms with E-state index in [9.17, 15) is 14.7 Å². The van der Waals surface area contributed by atoms with Crippen LogP contribution in [-0.4, -0.2) is 22.5 Å². The highest BCUT2D eigenvalue weighted by Crippen LogP contribution is 2.30. The Morgan fingerprint density at radius 2 is 1.36 bits per heavy atom. The van der Waals surface area contributed by atoms with Crippen LogP contribution in [0.15, 0.2) is 95.5 Å². The number of carbonyl (C=O) groups excluding carboxylic acids is 2. The third-order valence-electron chi connectivity index (χ3n) is 4.37. The van der Waals surface area contributed by atoms with E-state index < -0.39 is 11.7 Å². The average Bonchev–Trinajstić information content (AvgIpc) is 2.73. The van der Waals surface area contributed by atoms with Gasteiger partial charge in [0.2, 0.25) is 5.78 Å². The van der Waals surface area contributed by atoms with Gasteiger partial charge in [0.1, 0.15) is 17.0 Å². The molecule has 0 heterocycles. The van der Waals surface area contributed by atoms with E-state index in [2.05, 4.69) is 10.3 Å². The van der Waals surface area contributed by atoms with Crippen molar-refractivity contribution in [2.75, 3.05) is 5.32 Å². The van der Waals surface area contributed by atoms with Gasteiger partial charge >= 0.3 is 0 Å². The van der Waals surface area contributed by atoms with Gasteiger partial charge in [0.05, 0.1) is 5.69 Å². The Bertz CT molecular complexity index is 1120. The van der Waals surface area contributed by atoms with Gasteiger partial charge in [-0.2, -0.15) is 0 Å². The molecule has 1 amide bonds. The van der Waals surface area contributed by atoms with Crippen LogP contribution in [0.3, 0.4) is 0 Å². The van der Waals surface area contributed by atoms with E-state index in [1.807, 2.05) is 12.1 Å². The number of carbonyl (C=O) groups is 2. The minimum absolute atomic E-state index is 0.0872. The molecule has 0 aromatic heterocycles. The number of anilines is 1. The highest BCUT2D eigenvalue weighted by Gasteiger charge is 2.35. The smallest absolute Gasteiger partial charge is 0.261 e. The molecule has 4 rings (SSSR count). The van der Waals surface area contributed by atoms with Gasteiger partial charge in [-0.1, -0.05) is 60.7 Å². The zero-order valence-corrected chi connectivity index (χ0v) is 14.8. The van der Waals surface area contributed by atoms with Crippen molar-refractivity contribution in [2.45, 2.75) is 0 Å². The van der Waals surface area contributed by atoms with Crippen molar-refractivity contribution in [3.63, 3.8) is 0 Å². The van der Waals surface area contributed by atoms with Gasteiger partial charge in [0.15, 0.2) is 0 Å². The molecule has 3 aromatic carbocycles. The zero-order valence-electron chi connectivity index (χ0n) is 14.8. The summed E-state index contributed by atoms with van der Waals surface area (Å²) in [5.74, 6) is -1.27. The Balaban J connectivity index is 1.86. The monoisotopic (exact) mass is 368 g/mol. The van der Waals surface area contributed by atoms with Crippen molar-refractivity contribution in [3.8, 4) is 0 Å². The third kappa shape index (κ3) is 3.21. The van der Waals surface area contributed by atoms with E-state index in [-0.39, 0.29) is 17.0 Å². The molecule has 28 heavy (non-hydrogen) atoms. The van der Waals surface area contributed by atoms with Crippen molar-refractivity contribution in [3.05, 3.63) is 102 Å². The third-order valence-corrected chi connectivity index (χ3v) is 4.37. The SMILES string of the molecule is O=C(Nc1ccccc1)C1=C(O)c2ccccc2C(=O)C1=Nc1ccccc1. The lowest BCUT2D eigenvalue weighted by molar-refractivity contribution is -0.112. The van der Waals surface area contributed by atoms with Crippen molar-refractivity contribution in [1.82, 2.24) is 0 Å². The number of fused-ring (bicyclic) bond motifs is 1. The predicted molar refractivity (Wildman–Crippen MR) is 109 cm³/mol. The van der Waals surface area contributed by atoms with E-state index in [1.165, 1.54) is 0 Å². The summed E-state index contributed by atoms with van der Waals surface area (Å²) in [6.07, 6.45) is 0. The van der Waals surface area contributed by atoms with Crippen LogP contribution >= 0.6 is 0 Å². The highest BCUT2D eigenvalue weighted by molar-refractivity contribution is 6.60. The number of aliphatic hydroxyl groups is 1. The standard InChI is InChI=1S/C23H16N2O3/c26-21-17-13-7-8-14-18(17)22(27)20(24-15-9-3-1-4-10-15)19(21)23(28)25-16-11-5-2-6-12-16/h1-14,26H,(H,25,28). The molecule has 3 aromatic rings. The molecule has 1 aliphatic carbocycles. The number of nitrogens with one attached hydrogen (secondary N) is 1. The molecule has 1 aliphatic rings. The molecule has 0 atom stereocenters. The second-order valence-corrected chi connectivity index (χ2v) is 6.21. The quantitative estimate of drug-likeness (QED) is 0.711. The second-order valence-electron chi connectivity index (χ2n) is 6.21. The number of rotatable bonds is 3. The van der Waals surface area contributed by atoms with E-state index in [4.69, 9.17) is 0 Å². The number of aliphatic imine (C=N–C) groups is 1. The van der Waals surface area contributed by atoms with E-state index in [0.29, 0.717) is 22.5 Å². The van der Waals surface area contributed by atoms with E-state index >= 15 is 0 Å². The molecule has 0 radical (unpaired) electrons. The fourth-order valence-electron chi connectivity index (χ4n) is 3.04. The van der Waals surface area contributed by atoms with Crippen LogP contribution in [0.1, 0.15) is 15.9 Å². The van der Waals surface area contributed by atoms with Crippen LogP contribution in [0.2, 0.25) is 0 Å². The number of nitrogens with zero attached hydrogens (tertiary/aromatic N) is 1. The normalized spacial score (nSPS) is 14.7. The summed E-state index contributed by atoms with van der Waals surface area (Å²) in [6, 6.07) is 24.3. The van der Waals surface area contributed by atoms with Crippen LogP contribution < -0.4 is 5.32 Å². The lowest BCUT2D eigenvalue weighted by Gasteiger charge is -2.20.